The molecule has 14 heavy (non-hydrogen) atoms. The van der Waals surface area contributed by atoms with E-state index in [1.54, 1.807) is 0 Å². The largest absolute Gasteiger partial charge is 0.481 e. The molecule has 6 heteroatoms. The smallest absolute Gasteiger partial charge is 0.339 e. The number of carbonyl (C=O) groups is 2. The highest BCUT2D eigenvalue weighted by Crippen LogP contribution is 2.46. The van der Waals surface area contributed by atoms with Crippen molar-refractivity contribution in [3.8, 4) is 0 Å². The van der Waals surface area contributed by atoms with Crippen LogP contribution in [0.1, 0.15) is 12.8 Å². The third-order valence-corrected chi connectivity index (χ3v) is 3.00. The summed E-state index contributed by atoms with van der Waals surface area (Å²) in [4.78, 5) is 21.6. The standard InChI is InChI=1S/C8H10O6/c9-6(10)5-3-1-2-4(14-3)8(5,13)7(11)12/h3-5,13H,1-2H2,(H,9,10)(H,11,12). The molecule has 4 atom stereocenters. The molecular weight excluding hydrogens is 192 g/mol. The highest BCUT2D eigenvalue weighted by Gasteiger charge is 2.66. The van der Waals surface area contributed by atoms with Gasteiger partial charge in [0.1, 0.15) is 5.92 Å². The SMILES string of the molecule is O=C(O)C1C2CCC(O2)C1(O)C(=O)O. The van der Waals surface area contributed by atoms with Crippen LogP contribution in [-0.2, 0) is 14.3 Å². The zero-order chi connectivity index (χ0) is 10.5. The van der Waals surface area contributed by atoms with Crippen LogP contribution in [0.4, 0.5) is 0 Å². The van der Waals surface area contributed by atoms with Crippen LogP contribution in [0.25, 0.3) is 0 Å². The van der Waals surface area contributed by atoms with Gasteiger partial charge in [0.25, 0.3) is 0 Å². The van der Waals surface area contributed by atoms with E-state index in [0.717, 1.165) is 0 Å². The molecular formula is C8H10O6. The van der Waals surface area contributed by atoms with Crippen molar-refractivity contribution >= 4 is 11.9 Å². The highest BCUT2D eigenvalue weighted by atomic mass is 16.5. The van der Waals surface area contributed by atoms with Crippen molar-refractivity contribution in [2.24, 2.45) is 5.92 Å². The summed E-state index contributed by atoms with van der Waals surface area (Å²) in [6, 6.07) is 0. The van der Waals surface area contributed by atoms with Crippen molar-refractivity contribution in [1.29, 1.82) is 0 Å². The molecule has 0 saturated carbocycles. The summed E-state index contributed by atoms with van der Waals surface area (Å²) in [5.74, 6) is -4.18. The van der Waals surface area contributed by atoms with Crippen LogP contribution >= 0.6 is 0 Å². The number of carboxylic acid groups (broad SMARTS) is 2. The Morgan fingerprint density at radius 3 is 2.36 bits per heavy atom. The van der Waals surface area contributed by atoms with Gasteiger partial charge in [-0.2, -0.15) is 0 Å². The van der Waals surface area contributed by atoms with E-state index in [1.807, 2.05) is 0 Å². The molecule has 2 heterocycles. The van der Waals surface area contributed by atoms with Crippen molar-refractivity contribution < 1.29 is 29.6 Å². The molecule has 0 aromatic rings. The third-order valence-electron chi connectivity index (χ3n) is 3.00. The molecule has 2 fully saturated rings. The third kappa shape index (κ3) is 0.921. The van der Waals surface area contributed by atoms with Gasteiger partial charge in [-0.1, -0.05) is 0 Å². The van der Waals surface area contributed by atoms with Crippen LogP contribution in [0.3, 0.4) is 0 Å². The number of aliphatic carboxylic acids is 2. The molecule has 2 rings (SSSR count). The first-order valence-electron chi connectivity index (χ1n) is 4.32. The normalized spacial score (nSPS) is 45.4. The zero-order valence-electron chi connectivity index (χ0n) is 7.21. The molecule has 0 aromatic heterocycles. The van der Waals surface area contributed by atoms with Gasteiger partial charge in [-0.25, -0.2) is 4.79 Å². The molecule has 2 aliphatic heterocycles. The van der Waals surface area contributed by atoms with Gasteiger partial charge >= 0.3 is 11.9 Å². The maximum Gasteiger partial charge on any atom is 0.339 e. The summed E-state index contributed by atoms with van der Waals surface area (Å²) >= 11 is 0. The summed E-state index contributed by atoms with van der Waals surface area (Å²) in [6.45, 7) is 0. The van der Waals surface area contributed by atoms with E-state index < -0.39 is 35.7 Å². The van der Waals surface area contributed by atoms with Crippen molar-refractivity contribution in [2.75, 3.05) is 0 Å². The predicted molar refractivity (Wildman–Crippen MR) is 41.6 cm³/mol. The van der Waals surface area contributed by atoms with Crippen LogP contribution in [0.5, 0.6) is 0 Å². The van der Waals surface area contributed by atoms with Gasteiger partial charge < -0.3 is 20.1 Å². The zero-order valence-corrected chi connectivity index (χ0v) is 7.21. The van der Waals surface area contributed by atoms with Gasteiger partial charge in [-0.15, -0.1) is 0 Å². The van der Waals surface area contributed by atoms with E-state index in [-0.39, 0.29) is 0 Å². The fourth-order valence-corrected chi connectivity index (χ4v) is 2.33. The predicted octanol–water partition coefficient (Wildman–Crippen LogP) is -0.936. The summed E-state index contributed by atoms with van der Waals surface area (Å²) < 4.78 is 5.11. The highest BCUT2D eigenvalue weighted by molar-refractivity contribution is 5.87. The maximum atomic E-state index is 10.8. The summed E-state index contributed by atoms with van der Waals surface area (Å²) in [5, 5.41) is 27.4. The number of aliphatic hydroxyl groups is 1. The van der Waals surface area contributed by atoms with Crippen molar-refractivity contribution in [1.82, 2.24) is 0 Å². The number of ether oxygens (including phenoxy) is 1. The van der Waals surface area contributed by atoms with Crippen LogP contribution in [-0.4, -0.2) is 45.1 Å². The van der Waals surface area contributed by atoms with Crippen molar-refractivity contribution in [2.45, 2.75) is 30.7 Å². The van der Waals surface area contributed by atoms with Crippen LogP contribution in [0.15, 0.2) is 0 Å². The lowest BCUT2D eigenvalue weighted by Gasteiger charge is -2.29. The molecule has 0 aromatic carbocycles. The molecule has 78 valence electrons. The van der Waals surface area contributed by atoms with E-state index in [0.29, 0.717) is 12.8 Å². The second-order valence-electron chi connectivity index (χ2n) is 3.69. The Hall–Kier alpha value is -1.14. The Morgan fingerprint density at radius 2 is 1.93 bits per heavy atom. The molecule has 2 saturated heterocycles. The van der Waals surface area contributed by atoms with Crippen LogP contribution in [0.2, 0.25) is 0 Å². The fourth-order valence-electron chi connectivity index (χ4n) is 2.33. The fraction of sp³-hybridized carbons (Fsp3) is 0.750. The minimum atomic E-state index is -2.26. The van der Waals surface area contributed by atoms with Crippen molar-refractivity contribution in [3.63, 3.8) is 0 Å². The number of rotatable bonds is 2. The van der Waals surface area contributed by atoms with Crippen molar-refractivity contribution in [3.05, 3.63) is 0 Å². The van der Waals surface area contributed by atoms with Crippen LogP contribution in [0, 0.1) is 5.92 Å². The van der Waals surface area contributed by atoms with E-state index >= 15 is 0 Å². The van der Waals surface area contributed by atoms with E-state index in [2.05, 4.69) is 0 Å². The molecule has 0 radical (unpaired) electrons. The number of hydrogen-bond donors (Lipinski definition) is 3. The van der Waals surface area contributed by atoms with E-state index in [1.165, 1.54) is 0 Å². The lowest BCUT2D eigenvalue weighted by molar-refractivity contribution is -0.176. The summed E-state index contributed by atoms with van der Waals surface area (Å²) in [5.41, 5.74) is -2.26. The first-order valence-corrected chi connectivity index (χ1v) is 4.32. The molecule has 2 aliphatic rings. The Bertz CT molecular complexity index is 300. The van der Waals surface area contributed by atoms with Gasteiger partial charge in [0.05, 0.1) is 12.2 Å². The Labute approximate surface area is 79.1 Å². The Balaban J connectivity index is 2.39. The molecule has 2 bridgehead atoms. The lowest BCUT2D eigenvalue weighted by Crippen LogP contribution is -2.56. The number of carboxylic acids is 2. The summed E-state index contributed by atoms with van der Waals surface area (Å²) in [7, 11) is 0. The Morgan fingerprint density at radius 1 is 1.29 bits per heavy atom. The van der Waals surface area contributed by atoms with Gasteiger partial charge in [0, 0.05) is 0 Å². The Kier molecular flexibility index (Phi) is 1.80. The number of fused-ring (bicyclic) bond motifs is 2. The second kappa shape index (κ2) is 2.68. The average molecular weight is 202 g/mol. The summed E-state index contributed by atoms with van der Waals surface area (Å²) in [6.07, 6.45) is -0.654. The second-order valence-corrected chi connectivity index (χ2v) is 3.69. The van der Waals surface area contributed by atoms with Crippen LogP contribution < -0.4 is 0 Å². The minimum absolute atomic E-state index is 0.400. The molecule has 4 unspecified atom stereocenters. The quantitative estimate of drug-likeness (QED) is 0.534. The molecule has 0 aliphatic carbocycles. The first-order chi connectivity index (χ1) is 6.48. The molecule has 0 spiro atoms. The van der Waals surface area contributed by atoms with Gasteiger partial charge in [-0.05, 0) is 12.8 Å². The van der Waals surface area contributed by atoms with Gasteiger partial charge in [0.2, 0.25) is 5.60 Å². The van der Waals surface area contributed by atoms with Gasteiger partial charge in [0.15, 0.2) is 0 Å². The number of hydrogen-bond acceptors (Lipinski definition) is 4. The molecule has 6 nitrogen and oxygen atoms in total. The minimum Gasteiger partial charge on any atom is -0.481 e. The van der Waals surface area contributed by atoms with Gasteiger partial charge in [-0.3, -0.25) is 4.79 Å². The molecule has 3 N–H and O–H groups in total. The maximum absolute atomic E-state index is 10.8. The average Bonchev–Trinajstić information content (AvgIpc) is 2.61. The monoisotopic (exact) mass is 202 g/mol. The van der Waals surface area contributed by atoms with E-state index in [4.69, 9.17) is 14.9 Å². The molecule has 0 amide bonds. The first kappa shape index (κ1) is 9.42. The lowest BCUT2D eigenvalue weighted by atomic mass is 9.75. The topological polar surface area (TPSA) is 104 Å². The van der Waals surface area contributed by atoms with E-state index in [9.17, 15) is 14.7 Å².